The van der Waals surface area contributed by atoms with Gasteiger partial charge in [0, 0.05) is 18.1 Å². The van der Waals surface area contributed by atoms with Crippen molar-refractivity contribution < 1.29 is 14.6 Å². The van der Waals surface area contributed by atoms with Crippen LogP contribution in [0, 0.1) is 6.92 Å². The Kier molecular flexibility index (Phi) is 5.52. The van der Waals surface area contributed by atoms with E-state index in [-0.39, 0.29) is 11.5 Å². The molecule has 0 aliphatic heterocycles. The molecule has 0 amide bonds. The molecule has 27 heavy (non-hydrogen) atoms. The highest BCUT2D eigenvalue weighted by atomic mass is 16.5. The molecule has 0 unspecified atom stereocenters. The van der Waals surface area contributed by atoms with Gasteiger partial charge in [-0.3, -0.25) is 4.79 Å². The maximum absolute atomic E-state index is 12.0. The molecule has 0 aliphatic carbocycles. The van der Waals surface area contributed by atoms with Crippen LogP contribution in [0.3, 0.4) is 0 Å². The van der Waals surface area contributed by atoms with Crippen LogP contribution in [0.4, 0.5) is 0 Å². The summed E-state index contributed by atoms with van der Waals surface area (Å²) in [5.41, 5.74) is 2.73. The Labute approximate surface area is 157 Å². The number of rotatable bonds is 6. The monoisotopic (exact) mass is 360 g/mol. The predicted molar refractivity (Wildman–Crippen MR) is 106 cm³/mol. The summed E-state index contributed by atoms with van der Waals surface area (Å²) in [6.45, 7) is 1.95. The summed E-state index contributed by atoms with van der Waals surface area (Å²) in [7, 11) is 1.48. The van der Waals surface area contributed by atoms with Crippen LogP contribution in [0.25, 0.3) is 17.8 Å². The van der Waals surface area contributed by atoms with E-state index in [0.29, 0.717) is 5.75 Å². The van der Waals surface area contributed by atoms with E-state index < -0.39 is 0 Å². The van der Waals surface area contributed by atoms with Crippen molar-refractivity contribution in [3.05, 3.63) is 84.0 Å². The lowest BCUT2D eigenvalue weighted by Gasteiger charge is -2.04. The molecule has 3 rings (SSSR count). The molecule has 1 aromatic heterocycles. The molecule has 0 saturated carbocycles. The standard InChI is InChI=1S/C22H20N2O3/c1-16-23-13-14-24(16)19-8-3-17(4-9-19)5-10-20(25)11-6-18-7-12-21(26)22(15-18)27-2/h3-15,26H,1-2H3/b10-5+,11-6+. The number of aromatic hydroxyl groups is 1. The summed E-state index contributed by atoms with van der Waals surface area (Å²) >= 11 is 0. The van der Waals surface area contributed by atoms with Gasteiger partial charge in [0.2, 0.25) is 0 Å². The number of nitrogens with zero attached hydrogens (tertiary/aromatic N) is 2. The van der Waals surface area contributed by atoms with Crippen molar-refractivity contribution in [2.24, 2.45) is 0 Å². The third-order valence-corrected chi connectivity index (χ3v) is 4.08. The van der Waals surface area contributed by atoms with Gasteiger partial charge in [0.15, 0.2) is 17.3 Å². The summed E-state index contributed by atoms with van der Waals surface area (Å²) < 4.78 is 7.05. The number of imidazole rings is 1. The molecule has 0 aliphatic rings. The number of allylic oxidation sites excluding steroid dienone is 2. The fourth-order valence-corrected chi connectivity index (χ4v) is 2.61. The summed E-state index contributed by atoms with van der Waals surface area (Å²) in [6.07, 6.45) is 10.1. The number of ether oxygens (including phenoxy) is 1. The first-order valence-corrected chi connectivity index (χ1v) is 8.44. The fourth-order valence-electron chi connectivity index (χ4n) is 2.61. The van der Waals surface area contributed by atoms with Crippen LogP contribution >= 0.6 is 0 Å². The van der Waals surface area contributed by atoms with Gasteiger partial charge in [0.05, 0.1) is 7.11 Å². The van der Waals surface area contributed by atoms with Crippen molar-refractivity contribution >= 4 is 17.9 Å². The molecule has 5 nitrogen and oxygen atoms in total. The molecule has 5 heteroatoms. The zero-order valence-corrected chi connectivity index (χ0v) is 15.2. The number of benzene rings is 2. The van der Waals surface area contributed by atoms with Crippen LogP contribution in [-0.4, -0.2) is 27.6 Å². The molecule has 0 bridgehead atoms. The number of aryl methyl sites for hydroxylation is 1. The average Bonchev–Trinajstić information content (AvgIpc) is 3.12. The number of carbonyl (C=O) groups is 1. The van der Waals surface area contributed by atoms with Gasteiger partial charge in [-0.15, -0.1) is 0 Å². The number of methoxy groups -OCH3 is 1. The second kappa shape index (κ2) is 8.19. The molecule has 0 spiro atoms. The number of hydrogen-bond acceptors (Lipinski definition) is 4. The van der Waals surface area contributed by atoms with Crippen LogP contribution in [0.1, 0.15) is 17.0 Å². The van der Waals surface area contributed by atoms with Gasteiger partial charge >= 0.3 is 0 Å². The minimum Gasteiger partial charge on any atom is -0.504 e. The third-order valence-electron chi connectivity index (χ3n) is 4.08. The zero-order valence-electron chi connectivity index (χ0n) is 15.2. The summed E-state index contributed by atoms with van der Waals surface area (Å²) in [5.74, 6) is 1.23. The Morgan fingerprint density at radius 2 is 1.74 bits per heavy atom. The molecule has 1 heterocycles. The van der Waals surface area contributed by atoms with Crippen molar-refractivity contribution in [3.63, 3.8) is 0 Å². The van der Waals surface area contributed by atoms with E-state index in [0.717, 1.165) is 22.6 Å². The number of phenolic OH excluding ortho intramolecular Hbond substituents is 1. The van der Waals surface area contributed by atoms with Crippen LogP contribution in [0.2, 0.25) is 0 Å². The van der Waals surface area contributed by atoms with E-state index in [9.17, 15) is 9.90 Å². The highest BCUT2D eigenvalue weighted by Crippen LogP contribution is 2.26. The van der Waals surface area contributed by atoms with Crippen molar-refractivity contribution in [2.45, 2.75) is 6.92 Å². The second-order valence-electron chi connectivity index (χ2n) is 5.94. The van der Waals surface area contributed by atoms with Crippen molar-refractivity contribution in [2.75, 3.05) is 7.11 Å². The Morgan fingerprint density at radius 1 is 1.07 bits per heavy atom. The highest BCUT2D eigenvalue weighted by Gasteiger charge is 2.01. The quantitative estimate of drug-likeness (QED) is 0.670. The Balaban J connectivity index is 1.65. The molecular formula is C22H20N2O3. The number of hydrogen-bond donors (Lipinski definition) is 1. The van der Waals surface area contributed by atoms with E-state index in [2.05, 4.69) is 4.98 Å². The van der Waals surface area contributed by atoms with Crippen LogP contribution in [0.15, 0.2) is 67.0 Å². The van der Waals surface area contributed by atoms with E-state index in [1.54, 1.807) is 30.5 Å². The minimum atomic E-state index is -0.128. The van der Waals surface area contributed by atoms with Gasteiger partial charge in [-0.25, -0.2) is 4.98 Å². The molecule has 1 N–H and O–H groups in total. The van der Waals surface area contributed by atoms with E-state index >= 15 is 0 Å². The maximum atomic E-state index is 12.0. The number of aromatic nitrogens is 2. The SMILES string of the molecule is COc1cc(/C=C/C(=O)/C=C/c2ccc(-n3ccnc3C)cc2)ccc1O. The lowest BCUT2D eigenvalue weighted by Crippen LogP contribution is -1.94. The van der Waals surface area contributed by atoms with Crippen LogP contribution in [-0.2, 0) is 4.79 Å². The Hall–Kier alpha value is -3.60. The largest absolute Gasteiger partial charge is 0.504 e. The normalized spacial score (nSPS) is 11.3. The topological polar surface area (TPSA) is 64.4 Å². The first kappa shape index (κ1) is 18.2. The summed E-state index contributed by atoms with van der Waals surface area (Å²) in [5, 5.41) is 9.59. The van der Waals surface area contributed by atoms with Gasteiger partial charge in [-0.05, 0) is 54.5 Å². The molecule has 0 fully saturated rings. The van der Waals surface area contributed by atoms with E-state index in [1.165, 1.54) is 25.3 Å². The summed E-state index contributed by atoms with van der Waals surface area (Å²) in [6, 6.07) is 12.8. The minimum absolute atomic E-state index is 0.0650. The average molecular weight is 360 g/mol. The number of phenols is 1. The lowest BCUT2D eigenvalue weighted by atomic mass is 10.1. The molecule has 2 aromatic carbocycles. The van der Waals surface area contributed by atoms with Crippen molar-refractivity contribution in [3.8, 4) is 17.2 Å². The van der Waals surface area contributed by atoms with Crippen molar-refractivity contribution in [1.29, 1.82) is 0 Å². The van der Waals surface area contributed by atoms with Gasteiger partial charge in [-0.2, -0.15) is 0 Å². The summed E-state index contributed by atoms with van der Waals surface area (Å²) in [4.78, 5) is 16.3. The van der Waals surface area contributed by atoms with Crippen LogP contribution in [0.5, 0.6) is 11.5 Å². The molecule has 0 atom stereocenters. The second-order valence-corrected chi connectivity index (χ2v) is 5.94. The van der Waals surface area contributed by atoms with Gasteiger partial charge in [0.25, 0.3) is 0 Å². The molecule has 136 valence electrons. The number of ketones is 1. The van der Waals surface area contributed by atoms with Gasteiger partial charge < -0.3 is 14.4 Å². The molecule has 0 saturated heterocycles. The first-order chi connectivity index (χ1) is 13.1. The lowest BCUT2D eigenvalue weighted by molar-refractivity contribution is -0.110. The smallest absolute Gasteiger partial charge is 0.178 e. The van der Waals surface area contributed by atoms with E-state index in [1.807, 2.05) is 42.0 Å². The predicted octanol–water partition coefficient (Wildman–Crippen LogP) is 4.19. The van der Waals surface area contributed by atoms with Gasteiger partial charge in [-0.1, -0.05) is 30.4 Å². The molecule has 0 radical (unpaired) electrons. The third kappa shape index (κ3) is 4.52. The van der Waals surface area contributed by atoms with E-state index in [4.69, 9.17) is 4.74 Å². The van der Waals surface area contributed by atoms with Crippen LogP contribution < -0.4 is 4.74 Å². The van der Waals surface area contributed by atoms with Gasteiger partial charge in [0.1, 0.15) is 5.82 Å². The van der Waals surface area contributed by atoms with Crippen molar-refractivity contribution in [1.82, 2.24) is 9.55 Å². The fraction of sp³-hybridized carbons (Fsp3) is 0.0909. The highest BCUT2D eigenvalue weighted by molar-refractivity contribution is 6.04. The zero-order chi connectivity index (χ0) is 19.2. The maximum Gasteiger partial charge on any atom is 0.178 e. The first-order valence-electron chi connectivity index (χ1n) is 8.44. The molecule has 3 aromatic rings. The number of carbonyl (C=O) groups excluding carboxylic acids is 1. The Bertz CT molecular complexity index is 999. The Morgan fingerprint density at radius 3 is 2.37 bits per heavy atom. The molecular weight excluding hydrogens is 340 g/mol.